The lowest BCUT2D eigenvalue weighted by Gasteiger charge is -2.20. The van der Waals surface area contributed by atoms with E-state index >= 15 is 0 Å². The molecule has 0 saturated carbocycles. The van der Waals surface area contributed by atoms with Crippen molar-refractivity contribution in [1.29, 1.82) is 0 Å². The van der Waals surface area contributed by atoms with E-state index in [4.69, 9.17) is 0 Å². The van der Waals surface area contributed by atoms with E-state index in [1.807, 2.05) is 13.8 Å². The summed E-state index contributed by atoms with van der Waals surface area (Å²) in [4.78, 5) is 37.3. The van der Waals surface area contributed by atoms with Crippen LogP contribution in [0.15, 0.2) is 17.9 Å². The number of nitrogens with one attached hydrogen (secondary N) is 2. The minimum Gasteiger partial charge on any atom is -0.373 e. The number of hydrogen-bond donors (Lipinski definition) is 3. The van der Waals surface area contributed by atoms with Crippen LogP contribution in [0.5, 0.6) is 0 Å². The van der Waals surface area contributed by atoms with E-state index in [9.17, 15) is 19.5 Å². The van der Waals surface area contributed by atoms with E-state index in [0.29, 0.717) is 31.6 Å². The molecule has 0 spiro atoms. The average Bonchev–Trinajstić information content (AvgIpc) is 2.98. The molecule has 3 atom stereocenters. The summed E-state index contributed by atoms with van der Waals surface area (Å²) in [5, 5.41) is 15.4. The Morgan fingerprint density at radius 2 is 2.03 bits per heavy atom. The molecule has 8 heteroatoms. The third-order valence-corrected chi connectivity index (χ3v) is 6.35. The van der Waals surface area contributed by atoms with Gasteiger partial charge in [-0.05, 0) is 31.8 Å². The maximum Gasteiger partial charge on any atom is 0.237 e. The molecule has 0 aromatic heterocycles. The van der Waals surface area contributed by atoms with E-state index in [1.165, 1.54) is 16.7 Å². The molecule has 1 fully saturated rings. The van der Waals surface area contributed by atoms with Crippen LogP contribution >= 0.6 is 11.8 Å². The maximum absolute atomic E-state index is 12.4. The van der Waals surface area contributed by atoms with Crippen molar-refractivity contribution in [2.24, 2.45) is 0 Å². The molecule has 0 aromatic carbocycles. The predicted molar refractivity (Wildman–Crippen MR) is 116 cm³/mol. The van der Waals surface area contributed by atoms with E-state index in [-0.39, 0.29) is 29.0 Å². The average molecular weight is 426 g/mol. The molecule has 1 rings (SSSR count). The summed E-state index contributed by atoms with van der Waals surface area (Å²) in [6.07, 6.45) is 3.54. The zero-order chi connectivity index (χ0) is 21.8. The Kier molecular flexibility index (Phi) is 11.7. The molecule has 0 aromatic rings. The topological polar surface area (TPSA) is 98.7 Å². The third-order valence-electron chi connectivity index (χ3n) is 5.12. The molecule has 7 nitrogen and oxygen atoms in total. The number of likely N-dealkylation sites (tertiary alicyclic amines) is 1. The number of aliphatic hydroxyl groups excluding tert-OH is 1. The normalized spacial score (nSPS) is 19.6. The summed E-state index contributed by atoms with van der Waals surface area (Å²) >= 11 is 1.43. The summed E-state index contributed by atoms with van der Waals surface area (Å²) in [5.74, 6) is 0.460. The van der Waals surface area contributed by atoms with E-state index in [0.717, 1.165) is 31.3 Å². The first-order valence-electron chi connectivity index (χ1n) is 10.3. The molecular weight excluding hydrogens is 390 g/mol. The van der Waals surface area contributed by atoms with Crippen molar-refractivity contribution in [3.8, 4) is 0 Å². The van der Waals surface area contributed by atoms with E-state index in [1.54, 1.807) is 7.05 Å². The van der Waals surface area contributed by atoms with Crippen LogP contribution in [0.25, 0.3) is 0 Å². The molecule has 1 heterocycles. The number of carbonyl (C=O) groups is 3. The Morgan fingerprint density at radius 1 is 1.31 bits per heavy atom. The Morgan fingerprint density at radius 3 is 2.66 bits per heavy atom. The molecular formula is C21H35N3O4S. The van der Waals surface area contributed by atoms with Crippen LogP contribution in [0, 0.1) is 0 Å². The van der Waals surface area contributed by atoms with Gasteiger partial charge in [-0.1, -0.05) is 19.9 Å². The van der Waals surface area contributed by atoms with Crippen LogP contribution in [0.2, 0.25) is 0 Å². The number of rotatable bonds is 13. The van der Waals surface area contributed by atoms with Gasteiger partial charge in [-0.15, -0.1) is 17.5 Å². The third kappa shape index (κ3) is 8.64. The minimum absolute atomic E-state index is 0.0105. The van der Waals surface area contributed by atoms with Gasteiger partial charge >= 0.3 is 0 Å². The van der Waals surface area contributed by atoms with Crippen molar-refractivity contribution in [2.45, 2.75) is 76.3 Å². The second-order valence-electron chi connectivity index (χ2n) is 7.23. The molecule has 0 aliphatic carbocycles. The number of unbranched alkanes of at least 4 members (excludes halogenated alkanes) is 2. The molecule has 29 heavy (non-hydrogen) atoms. The van der Waals surface area contributed by atoms with Gasteiger partial charge in [-0.3, -0.25) is 14.4 Å². The zero-order valence-corrected chi connectivity index (χ0v) is 18.6. The summed E-state index contributed by atoms with van der Waals surface area (Å²) in [6.45, 7) is 8.03. The zero-order valence-electron chi connectivity index (χ0n) is 17.8. The Bertz CT molecular complexity index is 619. The quantitative estimate of drug-likeness (QED) is 0.309. The molecule has 3 amide bonds. The molecule has 3 N–H and O–H groups in total. The minimum atomic E-state index is -0.762. The first-order chi connectivity index (χ1) is 13.8. The van der Waals surface area contributed by atoms with Gasteiger partial charge < -0.3 is 20.6 Å². The summed E-state index contributed by atoms with van der Waals surface area (Å²) < 4.78 is 0. The van der Waals surface area contributed by atoms with Gasteiger partial charge in [0.1, 0.15) is 6.23 Å². The van der Waals surface area contributed by atoms with Gasteiger partial charge in [0.2, 0.25) is 17.7 Å². The Hall–Kier alpha value is -1.76. The standard InChI is InChI=1S/C21H35N3O4S/c1-5-15(3)16(6-2)23-19(26)10-8-7-9-12-24-20(27)14-17(21(24)28)29-13-11-18(25)22-4/h16-17,20,27H,1,6-14H2,2-4H3,(H,22,25)(H,23,26). The van der Waals surface area contributed by atoms with Crippen molar-refractivity contribution < 1.29 is 19.5 Å². The summed E-state index contributed by atoms with van der Waals surface area (Å²) in [7, 11) is 1.59. The second kappa shape index (κ2) is 13.5. The SMILES string of the molecule is C=C=C(C)C(CC)NC(=O)CCCCCN1C(=O)C(SCCC(=O)NC)CC1O. The number of nitrogens with zero attached hydrogens (tertiary/aromatic N) is 1. The number of hydrogen-bond acceptors (Lipinski definition) is 5. The fourth-order valence-electron chi connectivity index (χ4n) is 3.22. The highest BCUT2D eigenvalue weighted by Gasteiger charge is 2.38. The number of aliphatic hydroxyl groups is 1. The molecule has 3 unspecified atom stereocenters. The van der Waals surface area contributed by atoms with Crippen molar-refractivity contribution in [2.75, 3.05) is 19.3 Å². The highest BCUT2D eigenvalue weighted by Crippen LogP contribution is 2.28. The highest BCUT2D eigenvalue weighted by atomic mass is 32.2. The van der Waals surface area contributed by atoms with E-state index in [2.05, 4.69) is 22.9 Å². The Balaban J connectivity index is 2.26. The van der Waals surface area contributed by atoms with Crippen LogP contribution in [0.3, 0.4) is 0 Å². The lowest BCUT2D eigenvalue weighted by Crippen LogP contribution is -2.35. The molecule has 0 bridgehead atoms. The van der Waals surface area contributed by atoms with Gasteiger partial charge in [-0.2, -0.15) is 0 Å². The molecule has 164 valence electrons. The largest absolute Gasteiger partial charge is 0.373 e. The van der Waals surface area contributed by atoms with E-state index < -0.39 is 6.23 Å². The predicted octanol–water partition coefficient (Wildman–Crippen LogP) is 1.96. The first-order valence-corrected chi connectivity index (χ1v) is 11.4. The smallest absolute Gasteiger partial charge is 0.237 e. The fraction of sp³-hybridized carbons (Fsp3) is 0.714. The number of thioether (sulfide) groups is 1. The highest BCUT2D eigenvalue weighted by molar-refractivity contribution is 8.00. The molecule has 1 aliphatic rings. The lowest BCUT2D eigenvalue weighted by molar-refractivity contribution is -0.133. The van der Waals surface area contributed by atoms with Crippen molar-refractivity contribution in [3.05, 3.63) is 17.9 Å². The Labute approximate surface area is 178 Å². The van der Waals surface area contributed by atoms with Crippen molar-refractivity contribution in [3.63, 3.8) is 0 Å². The lowest BCUT2D eigenvalue weighted by atomic mass is 10.1. The maximum atomic E-state index is 12.4. The summed E-state index contributed by atoms with van der Waals surface area (Å²) in [5.41, 5.74) is 3.77. The molecule has 1 saturated heterocycles. The summed E-state index contributed by atoms with van der Waals surface area (Å²) in [6, 6.07) is -0.0183. The van der Waals surface area contributed by atoms with Crippen LogP contribution in [-0.4, -0.2) is 64.6 Å². The van der Waals surface area contributed by atoms with Gasteiger partial charge in [0.05, 0.1) is 11.3 Å². The monoisotopic (exact) mass is 425 g/mol. The first kappa shape index (κ1) is 25.3. The van der Waals surface area contributed by atoms with Crippen LogP contribution in [0.4, 0.5) is 0 Å². The van der Waals surface area contributed by atoms with Crippen molar-refractivity contribution in [1.82, 2.24) is 15.5 Å². The van der Waals surface area contributed by atoms with Crippen LogP contribution in [-0.2, 0) is 14.4 Å². The van der Waals surface area contributed by atoms with Crippen LogP contribution < -0.4 is 10.6 Å². The van der Waals surface area contributed by atoms with Crippen molar-refractivity contribution >= 4 is 29.5 Å². The van der Waals surface area contributed by atoms with Gasteiger partial charge in [-0.25, -0.2) is 0 Å². The van der Waals surface area contributed by atoms with Gasteiger partial charge in [0.15, 0.2) is 0 Å². The molecule has 0 radical (unpaired) electrons. The fourth-order valence-corrected chi connectivity index (χ4v) is 4.39. The number of carbonyl (C=O) groups excluding carboxylic acids is 3. The molecule has 1 aliphatic heterocycles. The second-order valence-corrected chi connectivity index (χ2v) is 8.54. The number of amides is 3. The van der Waals surface area contributed by atoms with Crippen LogP contribution in [0.1, 0.15) is 58.8 Å². The van der Waals surface area contributed by atoms with Gasteiger partial charge in [0.25, 0.3) is 0 Å². The van der Waals surface area contributed by atoms with Gasteiger partial charge in [0, 0.05) is 38.6 Å².